The van der Waals surface area contributed by atoms with Crippen LogP contribution in [0.1, 0.15) is 44.7 Å². The third kappa shape index (κ3) is 3.25. The van der Waals surface area contributed by atoms with Crippen molar-refractivity contribution in [3.05, 3.63) is 29.2 Å². The van der Waals surface area contributed by atoms with E-state index in [2.05, 4.69) is 20.4 Å². The fourth-order valence-corrected chi connectivity index (χ4v) is 3.42. The zero-order valence-electron chi connectivity index (χ0n) is 13.3. The molecule has 3 heterocycles. The summed E-state index contributed by atoms with van der Waals surface area (Å²) in [5.41, 5.74) is -0.166. The Kier molecular flexibility index (Phi) is 4.15. The van der Waals surface area contributed by atoms with Crippen LogP contribution in [0.4, 0.5) is 0 Å². The average molecular weight is 350 g/mol. The number of nitrogens with two attached hydrogens (primary N) is 1. The topological polar surface area (TPSA) is 95.7 Å². The summed E-state index contributed by atoms with van der Waals surface area (Å²) < 4.78 is 7.27. The average Bonchev–Trinajstić information content (AvgIpc) is 3.17. The van der Waals surface area contributed by atoms with Crippen molar-refractivity contribution in [1.82, 2.24) is 25.1 Å². The molecule has 0 aliphatic carbocycles. The van der Waals surface area contributed by atoms with E-state index in [0.29, 0.717) is 16.9 Å². The molecule has 0 bridgehead atoms. The highest BCUT2D eigenvalue weighted by Gasteiger charge is 2.25. The van der Waals surface area contributed by atoms with E-state index in [-0.39, 0.29) is 10.7 Å². The van der Waals surface area contributed by atoms with Crippen LogP contribution in [0.2, 0.25) is 0 Å². The minimum absolute atomic E-state index is 0.0736. The van der Waals surface area contributed by atoms with Gasteiger partial charge in [0.05, 0.1) is 10.1 Å². The molecule has 0 aromatic carbocycles. The molecule has 3 aromatic heterocycles. The van der Waals surface area contributed by atoms with Crippen LogP contribution in [0.25, 0.3) is 10.8 Å². The lowest BCUT2D eigenvalue weighted by atomic mass is 9.96. The first-order chi connectivity index (χ1) is 10.9. The largest absolute Gasteiger partial charge is 0.419 e. The molecule has 9 heteroatoms. The molecule has 0 spiro atoms. The maximum Gasteiger partial charge on any atom is 0.257 e. The van der Waals surface area contributed by atoms with Crippen molar-refractivity contribution in [3.8, 4) is 10.8 Å². The normalized spacial score (nSPS) is 13.4. The Morgan fingerprint density at radius 3 is 2.65 bits per heavy atom. The van der Waals surface area contributed by atoms with Gasteiger partial charge in [0.2, 0.25) is 11.0 Å². The van der Waals surface area contributed by atoms with Gasteiger partial charge in [0.15, 0.2) is 5.82 Å². The number of aromatic nitrogens is 5. The SMILES string of the molecule is CC(Sc1nnc(C(C)(C)C)n1N)c1nnc(-c2cccs2)o1. The molecular formula is C14H18N6OS2. The Bertz CT molecular complexity index is 787. The molecule has 122 valence electrons. The zero-order chi connectivity index (χ0) is 16.6. The lowest BCUT2D eigenvalue weighted by molar-refractivity contribution is 0.509. The number of nitrogen functional groups attached to an aromatic ring is 1. The van der Waals surface area contributed by atoms with Crippen LogP contribution in [0.5, 0.6) is 0 Å². The quantitative estimate of drug-likeness (QED) is 0.570. The van der Waals surface area contributed by atoms with Crippen molar-refractivity contribution in [2.45, 2.75) is 43.5 Å². The van der Waals surface area contributed by atoms with Crippen molar-refractivity contribution in [2.24, 2.45) is 0 Å². The van der Waals surface area contributed by atoms with Crippen LogP contribution in [-0.4, -0.2) is 25.1 Å². The van der Waals surface area contributed by atoms with Crippen LogP contribution in [0.15, 0.2) is 27.1 Å². The van der Waals surface area contributed by atoms with Gasteiger partial charge in [-0.3, -0.25) is 0 Å². The molecular weight excluding hydrogens is 332 g/mol. The van der Waals surface area contributed by atoms with Gasteiger partial charge >= 0.3 is 0 Å². The van der Waals surface area contributed by atoms with Gasteiger partial charge in [-0.25, -0.2) is 4.68 Å². The highest BCUT2D eigenvalue weighted by Crippen LogP contribution is 2.35. The van der Waals surface area contributed by atoms with E-state index in [1.807, 2.05) is 45.2 Å². The van der Waals surface area contributed by atoms with Crippen molar-refractivity contribution in [1.29, 1.82) is 0 Å². The molecule has 0 radical (unpaired) electrons. The number of thiophene rings is 1. The van der Waals surface area contributed by atoms with E-state index in [4.69, 9.17) is 10.3 Å². The van der Waals surface area contributed by atoms with Gasteiger partial charge in [-0.1, -0.05) is 38.6 Å². The Morgan fingerprint density at radius 1 is 1.26 bits per heavy atom. The van der Waals surface area contributed by atoms with Crippen LogP contribution >= 0.6 is 23.1 Å². The second kappa shape index (κ2) is 5.97. The second-order valence-corrected chi connectivity index (χ2v) is 8.36. The summed E-state index contributed by atoms with van der Waals surface area (Å²) in [6.45, 7) is 8.11. The van der Waals surface area contributed by atoms with Crippen molar-refractivity contribution < 1.29 is 4.42 Å². The maximum absolute atomic E-state index is 6.10. The first-order valence-corrected chi connectivity index (χ1v) is 8.87. The van der Waals surface area contributed by atoms with Gasteiger partial charge in [-0.05, 0) is 18.4 Å². The first kappa shape index (κ1) is 16.0. The van der Waals surface area contributed by atoms with Crippen LogP contribution in [-0.2, 0) is 5.41 Å². The van der Waals surface area contributed by atoms with Crippen LogP contribution in [0.3, 0.4) is 0 Å². The van der Waals surface area contributed by atoms with Crippen molar-refractivity contribution >= 4 is 23.1 Å². The molecule has 23 heavy (non-hydrogen) atoms. The summed E-state index contributed by atoms with van der Waals surface area (Å²) in [4.78, 5) is 0.956. The molecule has 3 aromatic rings. The summed E-state index contributed by atoms with van der Waals surface area (Å²) in [6, 6.07) is 3.90. The maximum atomic E-state index is 6.10. The molecule has 0 fully saturated rings. The van der Waals surface area contributed by atoms with Crippen LogP contribution < -0.4 is 5.84 Å². The summed E-state index contributed by atoms with van der Waals surface area (Å²) in [5, 5.41) is 19.1. The number of nitrogens with zero attached hydrogens (tertiary/aromatic N) is 5. The van der Waals surface area contributed by atoms with Gasteiger partial charge < -0.3 is 10.3 Å². The van der Waals surface area contributed by atoms with E-state index in [0.717, 1.165) is 10.7 Å². The Balaban J connectivity index is 1.77. The van der Waals surface area contributed by atoms with Crippen LogP contribution in [0, 0.1) is 0 Å². The van der Waals surface area contributed by atoms with E-state index in [1.165, 1.54) is 16.4 Å². The monoisotopic (exact) mass is 350 g/mol. The summed E-state index contributed by atoms with van der Waals surface area (Å²) in [6.07, 6.45) is 0. The lowest BCUT2D eigenvalue weighted by Crippen LogP contribution is -2.24. The molecule has 1 atom stereocenters. The molecule has 7 nitrogen and oxygen atoms in total. The summed E-state index contributed by atoms with van der Waals surface area (Å²) >= 11 is 3.01. The molecule has 1 unspecified atom stereocenters. The smallest absolute Gasteiger partial charge is 0.257 e. The number of thioether (sulfide) groups is 1. The fraction of sp³-hybridized carbons (Fsp3) is 0.429. The van der Waals surface area contributed by atoms with Gasteiger partial charge in [0.25, 0.3) is 5.89 Å². The predicted molar refractivity (Wildman–Crippen MR) is 90.8 cm³/mol. The highest BCUT2D eigenvalue weighted by molar-refractivity contribution is 7.99. The minimum Gasteiger partial charge on any atom is -0.419 e. The third-order valence-corrected chi connectivity index (χ3v) is 5.04. The van der Waals surface area contributed by atoms with Crippen molar-refractivity contribution in [2.75, 3.05) is 5.84 Å². The molecule has 0 saturated heterocycles. The van der Waals surface area contributed by atoms with Crippen molar-refractivity contribution in [3.63, 3.8) is 0 Å². The molecule has 2 N–H and O–H groups in total. The molecule has 0 saturated carbocycles. The fourth-order valence-electron chi connectivity index (χ4n) is 1.98. The molecule has 0 amide bonds. The van der Waals surface area contributed by atoms with E-state index >= 15 is 0 Å². The van der Waals surface area contributed by atoms with E-state index < -0.39 is 0 Å². The molecule has 0 aliphatic heterocycles. The van der Waals surface area contributed by atoms with Gasteiger partial charge in [0, 0.05) is 5.41 Å². The Hall–Kier alpha value is -1.87. The second-order valence-electron chi connectivity index (χ2n) is 6.11. The molecule has 0 aliphatic rings. The molecule has 3 rings (SSSR count). The summed E-state index contributed by atoms with van der Waals surface area (Å²) in [7, 11) is 0. The van der Waals surface area contributed by atoms with E-state index in [1.54, 1.807) is 11.3 Å². The predicted octanol–water partition coefficient (Wildman–Crippen LogP) is 3.25. The number of hydrogen-bond acceptors (Lipinski definition) is 8. The van der Waals surface area contributed by atoms with Gasteiger partial charge in [-0.15, -0.1) is 31.7 Å². The lowest BCUT2D eigenvalue weighted by Gasteiger charge is -2.16. The Labute approximate surface area is 142 Å². The number of hydrogen-bond donors (Lipinski definition) is 1. The van der Waals surface area contributed by atoms with Gasteiger partial charge in [-0.2, -0.15) is 0 Å². The zero-order valence-corrected chi connectivity index (χ0v) is 15.0. The van der Waals surface area contributed by atoms with Gasteiger partial charge in [0.1, 0.15) is 0 Å². The minimum atomic E-state index is -0.166. The standard InChI is InChI=1S/C14H18N6OS2/c1-8(10-16-17-11(21-10)9-6-5-7-22-9)23-13-19-18-12(20(13)15)14(2,3)4/h5-8H,15H2,1-4H3. The number of rotatable bonds is 4. The van der Waals surface area contributed by atoms with E-state index in [9.17, 15) is 0 Å². The summed E-state index contributed by atoms with van der Waals surface area (Å²) in [5.74, 6) is 7.91. The highest BCUT2D eigenvalue weighted by atomic mass is 32.2. The Morgan fingerprint density at radius 2 is 2.04 bits per heavy atom. The first-order valence-electron chi connectivity index (χ1n) is 7.11. The third-order valence-electron chi connectivity index (χ3n) is 3.14.